The van der Waals surface area contributed by atoms with Gasteiger partial charge in [-0.15, -0.1) is 11.3 Å². The van der Waals surface area contributed by atoms with Gasteiger partial charge in [-0.05, 0) is 53.9 Å². The van der Waals surface area contributed by atoms with Crippen LogP contribution in [0, 0.1) is 0 Å². The maximum Gasteiger partial charge on any atom is 0.341 e. The molecule has 0 saturated carbocycles. The van der Waals surface area contributed by atoms with E-state index in [0.29, 0.717) is 12.3 Å². The van der Waals surface area contributed by atoms with Crippen LogP contribution in [0.1, 0.15) is 10.4 Å². The SMILES string of the molecule is CN(Cc1cccs1)Cc1cc(-c2ccc3c(c2)OCO3)ccc1OCC(=O)O. The van der Waals surface area contributed by atoms with E-state index in [9.17, 15) is 4.79 Å². The number of thiophene rings is 1. The van der Waals surface area contributed by atoms with Crippen molar-refractivity contribution in [3.05, 3.63) is 64.4 Å². The first-order valence-corrected chi connectivity index (χ1v) is 10.0. The largest absolute Gasteiger partial charge is 0.482 e. The Morgan fingerprint density at radius 3 is 2.69 bits per heavy atom. The highest BCUT2D eigenvalue weighted by Gasteiger charge is 2.16. The van der Waals surface area contributed by atoms with Crippen molar-refractivity contribution in [3.8, 4) is 28.4 Å². The second-order valence-electron chi connectivity index (χ2n) is 6.82. The summed E-state index contributed by atoms with van der Waals surface area (Å²) in [4.78, 5) is 14.4. The van der Waals surface area contributed by atoms with E-state index in [0.717, 1.165) is 34.7 Å². The number of nitrogens with zero attached hydrogens (tertiary/aromatic N) is 1. The molecule has 2 heterocycles. The highest BCUT2D eigenvalue weighted by molar-refractivity contribution is 7.09. The van der Waals surface area contributed by atoms with E-state index >= 15 is 0 Å². The first-order chi connectivity index (χ1) is 14.1. The van der Waals surface area contributed by atoms with Crippen molar-refractivity contribution in [1.82, 2.24) is 4.90 Å². The highest BCUT2D eigenvalue weighted by atomic mass is 32.1. The van der Waals surface area contributed by atoms with Crippen molar-refractivity contribution in [2.45, 2.75) is 13.1 Å². The molecule has 0 fully saturated rings. The van der Waals surface area contributed by atoms with Gasteiger partial charge in [0.2, 0.25) is 6.79 Å². The molecule has 150 valence electrons. The van der Waals surface area contributed by atoms with Crippen LogP contribution in [-0.4, -0.2) is 36.4 Å². The van der Waals surface area contributed by atoms with Gasteiger partial charge in [0, 0.05) is 23.5 Å². The Bertz CT molecular complexity index is 1000. The molecule has 29 heavy (non-hydrogen) atoms. The maximum absolute atomic E-state index is 11.0. The molecule has 2 aromatic carbocycles. The van der Waals surface area contributed by atoms with Crippen molar-refractivity contribution < 1.29 is 24.1 Å². The molecule has 3 aromatic rings. The number of carboxylic acid groups (broad SMARTS) is 1. The second-order valence-corrected chi connectivity index (χ2v) is 7.86. The number of aliphatic carboxylic acids is 1. The average Bonchev–Trinajstić information content (AvgIpc) is 3.37. The van der Waals surface area contributed by atoms with Gasteiger partial charge in [0.05, 0.1) is 0 Å². The standard InChI is InChI=1S/C22H21NO5S/c1-23(12-18-3-2-8-29-18)11-17-9-15(4-6-19(17)26-13-22(24)25)16-5-7-20-21(10-16)28-14-27-20/h2-10H,11-14H2,1H3,(H,24,25). The molecule has 1 aliphatic rings. The van der Waals surface area contributed by atoms with Gasteiger partial charge in [0.25, 0.3) is 0 Å². The van der Waals surface area contributed by atoms with Crippen molar-refractivity contribution in [2.75, 3.05) is 20.4 Å². The van der Waals surface area contributed by atoms with Crippen LogP contribution in [0.4, 0.5) is 0 Å². The number of carboxylic acids is 1. The third-order valence-electron chi connectivity index (χ3n) is 4.56. The molecule has 0 bridgehead atoms. The Labute approximate surface area is 172 Å². The van der Waals surface area contributed by atoms with Crippen LogP contribution in [0.25, 0.3) is 11.1 Å². The molecular weight excluding hydrogens is 390 g/mol. The van der Waals surface area contributed by atoms with Crippen LogP contribution < -0.4 is 14.2 Å². The summed E-state index contributed by atoms with van der Waals surface area (Å²) in [6.07, 6.45) is 0. The van der Waals surface area contributed by atoms with Crippen LogP contribution in [0.15, 0.2) is 53.9 Å². The number of carbonyl (C=O) groups is 1. The van der Waals surface area contributed by atoms with E-state index in [1.807, 2.05) is 49.5 Å². The lowest BCUT2D eigenvalue weighted by molar-refractivity contribution is -0.139. The lowest BCUT2D eigenvalue weighted by Gasteiger charge is -2.19. The van der Waals surface area contributed by atoms with Crippen LogP contribution in [0.3, 0.4) is 0 Å². The Morgan fingerprint density at radius 2 is 1.90 bits per heavy atom. The molecule has 0 spiro atoms. The van der Waals surface area contributed by atoms with E-state index in [2.05, 4.69) is 16.3 Å². The van der Waals surface area contributed by atoms with Gasteiger partial charge < -0.3 is 19.3 Å². The number of fused-ring (bicyclic) bond motifs is 1. The zero-order valence-corrected chi connectivity index (χ0v) is 16.8. The van der Waals surface area contributed by atoms with Gasteiger partial charge in [-0.1, -0.05) is 18.2 Å². The van der Waals surface area contributed by atoms with E-state index in [4.69, 9.17) is 19.3 Å². The lowest BCUT2D eigenvalue weighted by atomic mass is 10.0. The van der Waals surface area contributed by atoms with Gasteiger partial charge in [-0.2, -0.15) is 0 Å². The van der Waals surface area contributed by atoms with Gasteiger partial charge in [-0.3, -0.25) is 4.90 Å². The number of rotatable bonds is 8. The third kappa shape index (κ3) is 4.70. The fourth-order valence-electron chi connectivity index (χ4n) is 3.25. The third-order valence-corrected chi connectivity index (χ3v) is 5.42. The summed E-state index contributed by atoms with van der Waals surface area (Å²) >= 11 is 1.72. The van der Waals surface area contributed by atoms with E-state index in [1.165, 1.54) is 4.88 Å². The first-order valence-electron chi connectivity index (χ1n) is 9.17. The predicted octanol–water partition coefficient (Wildman–Crippen LogP) is 4.24. The molecular formula is C22H21NO5S. The first kappa shape index (κ1) is 19.3. The topological polar surface area (TPSA) is 68.2 Å². The van der Waals surface area contributed by atoms with Gasteiger partial charge in [-0.25, -0.2) is 4.79 Å². The fourth-order valence-corrected chi connectivity index (χ4v) is 4.04. The number of hydrogen-bond donors (Lipinski definition) is 1. The lowest BCUT2D eigenvalue weighted by Crippen LogP contribution is -2.18. The van der Waals surface area contributed by atoms with Crippen LogP contribution in [0.5, 0.6) is 17.2 Å². The summed E-state index contributed by atoms with van der Waals surface area (Å²) < 4.78 is 16.4. The normalized spacial score (nSPS) is 12.3. The van der Waals surface area contributed by atoms with Crippen LogP contribution in [0.2, 0.25) is 0 Å². The predicted molar refractivity (Wildman–Crippen MR) is 111 cm³/mol. The van der Waals surface area contributed by atoms with Crippen molar-refractivity contribution in [2.24, 2.45) is 0 Å². The summed E-state index contributed by atoms with van der Waals surface area (Å²) in [5.74, 6) is 1.05. The number of hydrogen-bond acceptors (Lipinski definition) is 6. The van der Waals surface area contributed by atoms with E-state index in [1.54, 1.807) is 11.3 Å². The molecule has 0 unspecified atom stereocenters. The van der Waals surface area contributed by atoms with Gasteiger partial charge in [0.1, 0.15) is 5.75 Å². The van der Waals surface area contributed by atoms with Crippen molar-refractivity contribution >= 4 is 17.3 Å². The molecule has 0 radical (unpaired) electrons. The van der Waals surface area contributed by atoms with E-state index < -0.39 is 5.97 Å². The Kier molecular flexibility index (Phi) is 5.69. The second kappa shape index (κ2) is 8.55. The Balaban J connectivity index is 1.60. The fraction of sp³-hybridized carbons (Fsp3) is 0.227. The smallest absolute Gasteiger partial charge is 0.341 e. The Morgan fingerprint density at radius 1 is 1.10 bits per heavy atom. The molecule has 1 aliphatic heterocycles. The van der Waals surface area contributed by atoms with Crippen LogP contribution >= 0.6 is 11.3 Å². The van der Waals surface area contributed by atoms with Gasteiger partial charge >= 0.3 is 5.97 Å². The zero-order valence-electron chi connectivity index (χ0n) is 16.0. The number of benzene rings is 2. The molecule has 4 rings (SSSR count). The minimum atomic E-state index is -0.997. The number of ether oxygens (including phenoxy) is 3. The summed E-state index contributed by atoms with van der Waals surface area (Å²) in [5.41, 5.74) is 2.94. The summed E-state index contributed by atoms with van der Waals surface area (Å²) in [7, 11) is 2.04. The Hall–Kier alpha value is -3.03. The van der Waals surface area contributed by atoms with Gasteiger partial charge in [0.15, 0.2) is 18.1 Å². The van der Waals surface area contributed by atoms with E-state index in [-0.39, 0.29) is 13.4 Å². The van der Waals surface area contributed by atoms with Crippen LogP contribution in [-0.2, 0) is 17.9 Å². The minimum absolute atomic E-state index is 0.236. The molecule has 6 nitrogen and oxygen atoms in total. The van der Waals surface area contributed by atoms with Crippen molar-refractivity contribution in [1.29, 1.82) is 0 Å². The minimum Gasteiger partial charge on any atom is -0.482 e. The maximum atomic E-state index is 11.0. The molecule has 7 heteroatoms. The molecule has 0 amide bonds. The molecule has 1 N–H and O–H groups in total. The molecule has 0 saturated heterocycles. The quantitative estimate of drug-likeness (QED) is 0.598. The summed E-state index contributed by atoms with van der Waals surface area (Å²) in [6.45, 7) is 1.31. The molecule has 0 aliphatic carbocycles. The summed E-state index contributed by atoms with van der Waals surface area (Å²) in [5, 5.41) is 11.0. The monoisotopic (exact) mass is 411 g/mol. The summed E-state index contributed by atoms with van der Waals surface area (Å²) in [6, 6.07) is 15.8. The highest BCUT2D eigenvalue weighted by Crippen LogP contribution is 2.37. The molecule has 0 atom stereocenters. The average molecular weight is 411 g/mol. The van der Waals surface area contributed by atoms with Crippen molar-refractivity contribution in [3.63, 3.8) is 0 Å². The molecule has 1 aromatic heterocycles. The zero-order chi connectivity index (χ0) is 20.2.